The van der Waals surface area contributed by atoms with Crippen molar-refractivity contribution in [2.75, 3.05) is 0 Å². The van der Waals surface area contributed by atoms with Crippen LogP contribution in [-0.4, -0.2) is 20.4 Å². The Labute approximate surface area is 257 Å². The Balaban J connectivity index is 1.20. The summed E-state index contributed by atoms with van der Waals surface area (Å²) in [7, 11) is -3.96. The van der Waals surface area contributed by atoms with E-state index in [0.29, 0.717) is 12.2 Å². The van der Waals surface area contributed by atoms with Crippen molar-refractivity contribution in [2.24, 2.45) is 0 Å². The van der Waals surface area contributed by atoms with Gasteiger partial charge in [0.2, 0.25) is 10.0 Å². The molecule has 0 amide bonds. The Morgan fingerprint density at radius 2 is 1.30 bits per heavy atom. The third-order valence-electron chi connectivity index (χ3n) is 7.50. The molecule has 5 aromatic carbocycles. The molecule has 0 spiro atoms. The molecule has 1 atom stereocenters. The Hall–Kier alpha value is -4.98. The minimum Gasteiger partial charge on any atom is -0.460 e. The topological polar surface area (TPSA) is 85.6 Å². The third kappa shape index (κ3) is 6.34. The molecule has 7 heteroatoms. The first kappa shape index (κ1) is 29.1. The van der Waals surface area contributed by atoms with Crippen LogP contribution in [0, 0.1) is 0 Å². The maximum atomic E-state index is 13.1. The molecule has 1 N–H and O–H groups in total. The summed E-state index contributed by atoms with van der Waals surface area (Å²) < 4.78 is 40.4. The molecule has 6 rings (SSSR count). The molecular formula is C37H31NO5S. The summed E-state index contributed by atoms with van der Waals surface area (Å²) in [5.74, 6) is 0.612. The number of ether oxygens (including phenoxy) is 1. The number of rotatable bonds is 10. The van der Waals surface area contributed by atoms with Gasteiger partial charge in [0.05, 0.1) is 4.90 Å². The van der Waals surface area contributed by atoms with Gasteiger partial charge in [-0.25, -0.2) is 13.2 Å². The monoisotopic (exact) mass is 601 g/mol. The van der Waals surface area contributed by atoms with Gasteiger partial charge in [0, 0.05) is 17.4 Å². The van der Waals surface area contributed by atoms with Gasteiger partial charge in [-0.1, -0.05) is 110 Å². The van der Waals surface area contributed by atoms with Crippen molar-refractivity contribution in [3.8, 4) is 28.0 Å². The van der Waals surface area contributed by atoms with Crippen molar-refractivity contribution in [2.45, 2.75) is 30.7 Å². The van der Waals surface area contributed by atoms with Crippen LogP contribution in [0.2, 0.25) is 0 Å². The first-order valence-electron chi connectivity index (χ1n) is 14.5. The molecule has 1 unspecified atom stereocenters. The van der Waals surface area contributed by atoms with E-state index in [-0.39, 0.29) is 11.3 Å². The molecule has 1 heterocycles. The fraction of sp³-hybridized carbons (Fsp3) is 0.108. The quantitative estimate of drug-likeness (QED) is 0.127. The van der Waals surface area contributed by atoms with E-state index in [1.165, 1.54) is 5.56 Å². The second-order valence-corrected chi connectivity index (χ2v) is 12.2. The Morgan fingerprint density at radius 1 is 0.727 bits per heavy atom. The second-order valence-electron chi connectivity index (χ2n) is 10.5. The predicted octanol–water partition coefficient (Wildman–Crippen LogP) is 8.02. The van der Waals surface area contributed by atoms with E-state index in [9.17, 15) is 13.2 Å². The second kappa shape index (κ2) is 12.7. The van der Waals surface area contributed by atoms with Gasteiger partial charge in [0.25, 0.3) is 0 Å². The molecule has 0 saturated heterocycles. The first-order chi connectivity index (χ1) is 21.4. The molecular weight excluding hydrogens is 570 g/mol. The number of esters is 1. The maximum Gasteiger partial charge on any atom is 0.329 e. The van der Waals surface area contributed by atoms with Crippen LogP contribution >= 0.6 is 0 Å². The van der Waals surface area contributed by atoms with Gasteiger partial charge in [-0.15, -0.1) is 0 Å². The Kier molecular flexibility index (Phi) is 8.41. The van der Waals surface area contributed by atoms with E-state index in [1.807, 2.05) is 48.5 Å². The number of hydrogen-bond donors (Lipinski definition) is 1. The number of sulfonamides is 1. The zero-order valence-electron chi connectivity index (χ0n) is 24.1. The summed E-state index contributed by atoms with van der Waals surface area (Å²) in [6.45, 7) is 1.73. The Morgan fingerprint density at radius 3 is 1.95 bits per heavy atom. The van der Waals surface area contributed by atoms with Crippen LogP contribution < -0.4 is 9.46 Å². The van der Waals surface area contributed by atoms with Gasteiger partial charge in [0.1, 0.15) is 23.1 Å². The molecule has 44 heavy (non-hydrogen) atoms. The van der Waals surface area contributed by atoms with Gasteiger partial charge in [0.15, 0.2) is 0 Å². The fourth-order valence-corrected chi connectivity index (χ4v) is 6.47. The van der Waals surface area contributed by atoms with Gasteiger partial charge < -0.3 is 9.15 Å². The number of hydrogen-bond acceptors (Lipinski definition) is 5. The van der Waals surface area contributed by atoms with Gasteiger partial charge in [-0.2, -0.15) is 4.72 Å². The van der Waals surface area contributed by atoms with Gasteiger partial charge in [-0.3, -0.25) is 0 Å². The maximum absolute atomic E-state index is 13.1. The van der Waals surface area contributed by atoms with Crippen molar-refractivity contribution in [1.82, 2.24) is 4.72 Å². The van der Waals surface area contributed by atoms with Crippen molar-refractivity contribution in [3.05, 3.63) is 145 Å². The van der Waals surface area contributed by atoms with E-state index >= 15 is 0 Å². The Bertz CT molecular complexity index is 1980. The number of para-hydroxylation sites is 2. The number of carbonyl (C=O) groups is 1. The summed E-state index contributed by atoms with van der Waals surface area (Å²) in [4.78, 5) is 12.7. The standard InChI is InChI=1S/C37H31NO5S/c1-2-33(37(39)42-30-13-7-4-8-14-30)38-44(40,41)31-23-21-28(22-24-31)27-17-19-29(20-18-27)36-32-15-9-10-16-34(32)43-35(36)25-26-11-5-3-6-12-26/h3-24,33,38H,2,25H2,1H3. The molecule has 6 aromatic rings. The van der Waals surface area contributed by atoms with Gasteiger partial charge >= 0.3 is 5.97 Å². The van der Waals surface area contributed by atoms with E-state index in [0.717, 1.165) is 39.0 Å². The lowest BCUT2D eigenvalue weighted by Crippen LogP contribution is -2.42. The number of benzene rings is 5. The average molecular weight is 602 g/mol. The molecule has 1 aromatic heterocycles. The summed E-state index contributed by atoms with van der Waals surface area (Å²) in [6, 6.07) is 40.7. The summed E-state index contributed by atoms with van der Waals surface area (Å²) in [5.41, 5.74) is 5.95. The zero-order chi connectivity index (χ0) is 30.5. The lowest BCUT2D eigenvalue weighted by Gasteiger charge is -2.16. The number of furan rings is 1. The molecule has 0 aliphatic rings. The van der Waals surface area contributed by atoms with E-state index in [1.54, 1.807) is 61.5 Å². The minimum absolute atomic E-state index is 0.0688. The molecule has 0 saturated carbocycles. The summed E-state index contributed by atoms with van der Waals surface area (Å²) >= 11 is 0. The highest BCUT2D eigenvalue weighted by Gasteiger charge is 2.26. The highest BCUT2D eigenvalue weighted by molar-refractivity contribution is 7.89. The SMILES string of the molecule is CCC(NS(=O)(=O)c1ccc(-c2ccc(-c3c(Cc4ccccc4)oc4ccccc34)cc2)cc1)C(=O)Oc1ccccc1. The van der Waals surface area contributed by atoms with E-state index in [2.05, 4.69) is 35.1 Å². The van der Waals surface area contributed by atoms with Crippen molar-refractivity contribution >= 4 is 27.0 Å². The highest BCUT2D eigenvalue weighted by atomic mass is 32.2. The van der Waals surface area contributed by atoms with Gasteiger partial charge in [-0.05, 0) is 59.0 Å². The molecule has 6 nitrogen and oxygen atoms in total. The van der Waals surface area contributed by atoms with Crippen LogP contribution in [0.25, 0.3) is 33.2 Å². The van der Waals surface area contributed by atoms with Crippen LogP contribution in [0.15, 0.2) is 143 Å². The van der Waals surface area contributed by atoms with Crippen LogP contribution in [-0.2, 0) is 21.2 Å². The molecule has 0 fully saturated rings. The minimum atomic E-state index is -3.96. The third-order valence-corrected chi connectivity index (χ3v) is 8.99. The molecule has 0 aliphatic heterocycles. The normalized spacial score (nSPS) is 12.2. The number of fused-ring (bicyclic) bond motifs is 1. The predicted molar refractivity (Wildman–Crippen MR) is 173 cm³/mol. The lowest BCUT2D eigenvalue weighted by atomic mass is 9.96. The van der Waals surface area contributed by atoms with Crippen LogP contribution in [0.1, 0.15) is 24.7 Å². The smallest absolute Gasteiger partial charge is 0.329 e. The van der Waals surface area contributed by atoms with Crippen LogP contribution in [0.4, 0.5) is 0 Å². The average Bonchev–Trinajstić information content (AvgIpc) is 3.42. The first-order valence-corrected chi connectivity index (χ1v) is 15.9. The highest BCUT2D eigenvalue weighted by Crippen LogP contribution is 2.37. The summed E-state index contributed by atoms with van der Waals surface area (Å²) in [6.07, 6.45) is 0.924. The number of carbonyl (C=O) groups excluding carboxylic acids is 1. The largest absolute Gasteiger partial charge is 0.460 e. The van der Waals surface area contributed by atoms with E-state index in [4.69, 9.17) is 9.15 Å². The molecule has 0 aliphatic carbocycles. The van der Waals surface area contributed by atoms with Crippen LogP contribution in [0.5, 0.6) is 5.75 Å². The van der Waals surface area contributed by atoms with Crippen molar-refractivity contribution in [3.63, 3.8) is 0 Å². The molecule has 220 valence electrons. The van der Waals surface area contributed by atoms with Crippen LogP contribution in [0.3, 0.4) is 0 Å². The molecule has 0 bridgehead atoms. The fourth-order valence-electron chi connectivity index (χ4n) is 5.20. The summed E-state index contributed by atoms with van der Waals surface area (Å²) in [5, 5.41) is 1.06. The van der Waals surface area contributed by atoms with Crippen molar-refractivity contribution in [1.29, 1.82) is 0 Å². The zero-order valence-corrected chi connectivity index (χ0v) is 25.0. The molecule has 0 radical (unpaired) electrons. The van der Waals surface area contributed by atoms with E-state index < -0.39 is 22.0 Å². The van der Waals surface area contributed by atoms with Crippen molar-refractivity contribution < 1.29 is 22.4 Å². The number of nitrogens with one attached hydrogen (secondary N) is 1. The lowest BCUT2D eigenvalue weighted by molar-refractivity contribution is -0.136.